The number of benzene rings is 1. The molecule has 120 valence electrons. The van der Waals surface area contributed by atoms with E-state index in [9.17, 15) is 14.4 Å². The summed E-state index contributed by atoms with van der Waals surface area (Å²) in [5, 5.41) is 5.66. The van der Waals surface area contributed by atoms with E-state index < -0.39 is 17.7 Å². The molecule has 2 aliphatic heterocycles. The molecule has 0 saturated carbocycles. The normalized spacial score (nSPS) is 19.2. The van der Waals surface area contributed by atoms with Crippen LogP contribution in [0.1, 0.15) is 25.8 Å². The van der Waals surface area contributed by atoms with E-state index in [1.165, 1.54) is 20.0 Å². The van der Waals surface area contributed by atoms with Gasteiger partial charge in [0, 0.05) is 26.5 Å². The number of fused-ring (bicyclic) bond motifs is 1. The maximum absolute atomic E-state index is 11.9. The monoisotopic (exact) mass is 316 g/mol. The van der Waals surface area contributed by atoms with Gasteiger partial charge in [0.05, 0.1) is 11.4 Å². The minimum absolute atomic E-state index is 0.0716. The second kappa shape index (κ2) is 5.42. The van der Waals surface area contributed by atoms with Crippen LogP contribution in [0.2, 0.25) is 0 Å². The van der Waals surface area contributed by atoms with Gasteiger partial charge in [-0.1, -0.05) is 12.1 Å². The lowest BCUT2D eigenvalue weighted by atomic mass is 10.0. The Morgan fingerprint density at radius 2 is 1.83 bits per heavy atom. The summed E-state index contributed by atoms with van der Waals surface area (Å²) >= 11 is 0. The van der Waals surface area contributed by atoms with Crippen LogP contribution >= 0.6 is 0 Å². The van der Waals surface area contributed by atoms with E-state index in [4.69, 9.17) is 9.47 Å². The standard InChI is InChI=1S/C16H16N2O5/c1-16(2)22-14(20)10(15(21)23-16)8-17-11-5-3-4-9-6-7-12(19)18-13(9)11/h3-5,8,17H,6-7H2,1-2H3,(H,18,19). The molecule has 1 amide bonds. The van der Waals surface area contributed by atoms with Crippen LogP contribution in [0.5, 0.6) is 0 Å². The highest BCUT2D eigenvalue weighted by atomic mass is 16.7. The Bertz CT molecular complexity index is 714. The van der Waals surface area contributed by atoms with E-state index in [0.717, 1.165) is 5.56 Å². The predicted octanol–water partition coefficient (Wildman–Crippen LogP) is 1.70. The van der Waals surface area contributed by atoms with Gasteiger partial charge in [-0.25, -0.2) is 9.59 Å². The van der Waals surface area contributed by atoms with Gasteiger partial charge in [-0.3, -0.25) is 4.79 Å². The molecule has 0 aromatic heterocycles. The summed E-state index contributed by atoms with van der Waals surface area (Å²) in [6.45, 7) is 2.96. The maximum Gasteiger partial charge on any atom is 0.350 e. The Kier molecular flexibility index (Phi) is 3.55. The minimum atomic E-state index is -1.27. The Morgan fingerprint density at radius 1 is 1.13 bits per heavy atom. The molecule has 1 aromatic carbocycles. The number of amides is 1. The van der Waals surface area contributed by atoms with Crippen LogP contribution in [-0.2, 0) is 30.3 Å². The van der Waals surface area contributed by atoms with Gasteiger partial charge in [0.25, 0.3) is 5.79 Å². The van der Waals surface area contributed by atoms with Crippen LogP contribution in [0, 0.1) is 0 Å². The van der Waals surface area contributed by atoms with Gasteiger partial charge in [-0.15, -0.1) is 0 Å². The molecule has 0 bridgehead atoms. The van der Waals surface area contributed by atoms with Gasteiger partial charge >= 0.3 is 11.9 Å². The highest BCUT2D eigenvalue weighted by Crippen LogP contribution is 2.31. The Balaban J connectivity index is 1.85. The molecule has 7 heteroatoms. The second-order valence-electron chi connectivity index (χ2n) is 5.77. The van der Waals surface area contributed by atoms with Crippen LogP contribution < -0.4 is 10.6 Å². The van der Waals surface area contributed by atoms with Gasteiger partial charge in [0.2, 0.25) is 5.91 Å². The van der Waals surface area contributed by atoms with Gasteiger partial charge < -0.3 is 20.1 Å². The summed E-state index contributed by atoms with van der Waals surface area (Å²) in [5.74, 6) is -2.86. The average Bonchev–Trinajstić information content (AvgIpc) is 2.45. The van der Waals surface area contributed by atoms with Crippen molar-refractivity contribution in [3.8, 4) is 0 Å². The first-order valence-electron chi connectivity index (χ1n) is 7.21. The Labute approximate surface area is 132 Å². The number of carbonyl (C=O) groups excluding carboxylic acids is 3. The number of ether oxygens (including phenoxy) is 2. The van der Waals surface area contributed by atoms with Crippen molar-refractivity contribution in [2.24, 2.45) is 0 Å². The van der Waals surface area contributed by atoms with E-state index in [1.54, 1.807) is 6.07 Å². The molecular weight excluding hydrogens is 300 g/mol. The lowest BCUT2D eigenvalue weighted by molar-refractivity contribution is -0.222. The summed E-state index contributed by atoms with van der Waals surface area (Å²) in [4.78, 5) is 35.3. The topological polar surface area (TPSA) is 93.7 Å². The molecular formula is C16H16N2O5. The summed E-state index contributed by atoms with van der Waals surface area (Å²) in [6, 6.07) is 5.49. The van der Waals surface area contributed by atoms with Crippen LogP contribution in [0.4, 0.5) is 11.4 Å². The lowest BCUT2D eigenvalue weighted by Gasteiger charge is -2.29. The summed E-state index contributed by atoms with van der Waals surface area (Å²) in [5.41, 5.74) is 2.00. The van der Waals surface area contributed by atoms with Gasteiger partial charge in [0.15, 0.2) is 5.57 Å². The molecule has 23 heavy (non-hydrogen) atoms. The quantitative estimate of drug-likeness (QED) is 0.490. The fraction of sp³-hybridized carbons (Fsp3) is 0.312. The van der Waals surface area contributed by atoms with E-state index in [1.807, 2.05) is 12.1 Å². The summed E-state index contributed by atoms with van der Waals surface area (Å²) in [7, 11) is 0. The molecule has 7 nitrogen and oxygen atoms in total. The number of cyclic esters (lactones) is 2. The number of nitrogens with one attached hydrogen (secondary N) is 2. The van der Waals surface area contributed by atoms with Crippen molar-refractivity contribution >= 4 is 29.2 Å². The molecule has 0 aliphatic carbocycles. The zero-order chi connectivity index (χ0) is 16.6. The van der Waals surface area contributed by atoms with Gasteiger partial charge in [-0.05, 0) is 18.1 Å². The van der Waals surface area contributed by atoms with Crippen molar-refractivity contribution < 1.29 is 23.9 Å². The van der Waals surface area contributed by atoms with Crippen molar-refractivity contribution in [1.29, 1.82) is 0 Å². The van der Waals surface area contributed by atoms with E-state index in [-0.39, 0.29) is 11.5 Å². The Morgan fingerprint density at radius 3 is 2.52 bits per heavy atom. The largest absolute Gasteiger partial charge is 0.419 e. The molecule has 0 unspecified atom stereocenters. The molecule has 2 aliphatic rings. The second-order valence-corrected chi connectivity index (χ2v) is 5.77. The number of rotatable bonds is 2. The van der Waals surface area contributed by atoms with Crippen LogP contribution in [0.25, 0.3) is 0 Å². The maximum atomic E-state index is 11.9. The molecule has 2 N–H and O–H groups in total. The van der Waals surface area contributed by atoms with Crippen molar-refractivity contribution in [1.82, 2.24) is 0 Å². The third kappa shape index (κ3) is 3.03. The zero-order valence-corrected chi connectivity index (χ0v) is 12.8. The highest BCUT2D eigenvalue weighted by molar-refractivity contribution is 6.15. The van der Waals surface area contributed by atoms with Crippen molar-refractivity contribution in [2.45, 2.75) is 32.5 Å². The van der Waals surface area contributed by atoms with Gasteiger partial charge in [0.1, 0.15) is 0 Å². The number of esters is 2. The zero-order valence-electron chi connectivity index (χ0n) is 12.8. The number of carbonyl (C=O) groups is 3. The minimum Gasteiger partial charge on any atom is -0.419 e. The number of para-hydroxylation sites is 1. The first-order chi connectivity index (χ1) is 10.9. The molecule has 1 fully saturated rings. The van der Waals surface area contributed by atoms with Crippen LogP contribution in [-0.4, -0.2) is 23.6 Å². The number of hydrogen-bond donors (Lipinski definition) is 2. The summed E-state index contributed by atoms with van der Waals surface area (Å²) < 4.78 is 10.0. The highest BCUT2D eigenvalue weighted by Gasteiger charge is 2.39. The van der Waals surface area contributed by atoms with E-state index in [0.29, 0.717) is 24.2 Å². The number of aryl methyl sites for hydroxylation is 1. The fourth-order valence-corrected chi connectivity index (χ4v) is 2.45. The van der Waals surface area contributed by atoms with E-state index >= 15 is 0 Å². The number of hydrogen-bond acceptors (Lipinski definition) is 6. The Hall–Kier alpha value is -2.83. The smallest absolute Gasteiger partial charge is 0.350 e. The average molecular weight is 316 g/mol. The molecule has 1 saturated heterocycles. The van der Waals surface area contributed by atoms with Gasteiger partial charge in [-0.2, -0.15) is 0 Å². The predicted molar refractivity (Wildman–Crippen MR) is 81.4 cm³/mol. The third-order valence-electron chi connectivity index (χ3n) is 3.53. The van der Waals surface area contributed by atoms with Crippen molar-refractivity contribution in [3.05, 3.63) is 35.5 Å². The van der Waals surface area contributed by atoms with Crippen LogP contribution in [0.15, 0.2) is 30.0 Å². The molecule has 0 atom stereocenters. The van der Waals surface area contributed by atoms with Crippen molar-refractivity contribution in [3.63, 3.8) is 0 Å². The first kappa shape index (κ1) is 15.1. The summed E-state index contributed by atoms with van der Waals surface area (Å²) in [6.07, 6.45) is 2.31. The SMILES string of the molecule is CC1(C)OC(=O)C(=CNc2cccc3c2NC(=O)CC3)C(=O)O1. The number of anilines is 2. The van der Waals surface area contributed by atoms with E-state index in [2.05, 4.69) is 10.6 Å². The first-order valence-corrected chi connectivity index (χ1v) is 7.21. The fourth-order valence-electron chi connectivity index (χ4n) is 2.45. The molecule has 2 heterocycles. The van der Waals surface area contributed by atoms with Crippen molar-refractivity contribution in [2.75, 3.05) is 10.6 Å². The molecule has 3 rings (SSSR count). The third-order valence-corrected chi connectivity index (χ3v) is 3.53. The molecule has 0 spiro atoms. The molecule has 1 aromatic rings. The molecule has 0 radical (unpaired) electrons. The lowest BCUT2D eigenvalue weighted by Crippen LogP contribution is -2.42. The van der Waals surface area contributed by atoms with Crippen LogP contribution in [0.3, 0.4) is 0 Å².